The van der Waals surface area contributed by atoms with Gasteiger partial charge in [-0.2, -0.15) is 17.2 Å². The highest BCUT2D eigenvalue weighted by atomic mass is 32.2. The summed E-state index contributed by atoms with van der Waals surface area (Å²) in [5, 5.41) is 9.56. The molecule has 2 N–H and O–H groups in total. The third kappa shape index (κ3) is 6.93. The van der Waals surface area contributed by atoms with E-state index in [0.29, 0.717) is 37.6 Å². The number of phenols is 1. The molecule has 2 fully saturated rings. The molecule has 0 spiro atoms. The zero-order valence-corrected chi connectivity index (χ0v) is 25.7. The van der Waals surface area contributed by atoms with Crippen LogP contribution in [0, 0.1) is 23.3 Å². The lowest BCUT2D eigenvalue weighted by Crippen LogP contribution is -2.24. The van der Waals surface area contributed by atoms with Crippen molar-refractivity contribution < 1.29 is 54.6 Å². The molecule has 2 atom stereocenters. The van der Waals surface area contributed by atoms with E-state index < -0.39 is 67.7 Å². The molecule has 0 bridgehead atoms. The highest BCUT2D eigenvalue weighted by molar-refractivity contribution is 7.86. The SMILES string of the molecule is O=S(=O)(O)c1c(-c2ccc(OC3CCCCO3)cc2)cc(-c2c(F)c(F)c(O)c(F)c2F)cc1-c1ccc(OC2CCCCO2)cc1. The van der Waals surface area contributed by atoms with E-state index in [1.54, 1.807) is 0 Å². The molecule has 2 unspecified atom stereocenters. The average Bonchev–Trinajstić information content (AvgIpc) is 3.07. The molecule has 0 aliphatic carbocycles. The summed E-state index contributed by atoms with van der Waals surface area (Å²) < 4.78 is 119. The lowest BCUT2D eigenvalue weighted by atomic mass is 9.92. The van der Waals surface area contributed by atoms with Gasteiger partial charge in [-0.15, -0.1) is 0 Å². The largest absolute Gasteiger partial charge is 0.503 e. The Kier molecular flexibility index (Phi) is 9.42. The second kappa shape index (κ2) is 13.5. The number of halogens is 4. The molecule has 8 nitrogen and oxygen atoms in total. The maximum atomic E-state index is 15.2. The maximum Gasteiger partial charge on any atom is 0.295 e. The minimum Gasteiger partial charge on any atom is -0.503 e. The van der Waals surface area contributed by atoms with Gasteiger partial charge in [0.05, 0.1) is 18.8 Å². The molecule has 13 heteroatoms. The summed E-state index contributed by atoms with van der Waals surface area (Å²) in [5.41, 5.74) is -1.80. The number of aromatic hydroxyl groups is 1. The first-order chi connectivity index (χ1) is 22.5. The quantitative estimate of drug-likeness (QED) is 0.110. The van der Waals surface area contributed by atoms with Crippen molar-refractivity contribution in [2.75, 3.05) is 13.2 Å². The van der Waals surface area contributed by atoms with E-state index in [1.165, 1.54) is 48.5 Å². The van der Waals surface area contributed by atoms with Gasteiger partial charge in [-0.3, -0.25) is 4.55 Å². The van der Waals surface area contributed by atoms with Crippen molar-refractivity contribution in [2.45, 2.75) is 56.0 Å². The van der Waals surface area contributed by atoms with Crippen LogP contribution in [0.25, 0.3) is 33.4 Å². The fourth-order valence-electron chi connectivity index (χ4n) is 5.69. The predicted octanol–water partition coefficient (Wildman–Crippen LogP) is 8.01. The van der Waals surface area contributed by atoms with Gasteiger partial charge >= 0.3 is 0 Å². The van der Waals surface area contributed by atoms with Crippen LogP contribution in [0.2, 0.25) is 0 Å². The first-order valence-corrected chi connectivity index (χ1v) is 16.4. The molecule has 4 aromatic carbocycles. The summed E-state index contributed by atoms with van der Waals surface area (Å²) in [4.78, 5) is -0.629. The second-order valence-corrected chi connectivity index (χ2v) is 12.6. The van der Waals surface area contributed by atoms with E-state index >= 15 is 8.78 Å². The summed E-state index contributed by atoms with van der Waals surface area (Å²) in [6.45, 7) is 1.09. The van der Waals surface area contributed by atoms with E-state index in [-0.39, 0.29) is 22.3 Å². The molecule has 0 aromatic heterocycles. The normalized spacial score (nSPS) is 18.6. The van der Waals surface area contributed by atoms with Crippen LogP contribution in [-0.4, -0.2) is 43.9 Å². The van der Waals surface area contributed by atoms with Crippen molar-refractivity contribution in [3.05, 3.63) is 83.9 Å². The van der Waals surface area contributed by atoms with Crippen molar-refractivity contribution in [3.8, 4) is 50.6 Å². The van der Waals surface area contributed by atoms with E-state index in [9.17, 15) is 26.9 Å². The molecule has 248 valence electrons. The molecule has 6 rings (SSSR count). The van der Waals surface area contributed by atoms with Gasteiger partial charge in [0, 0.05) is 24.0 Å². The zero-order chi connectivity index (χ0) is 33.3. The van der Waals surface area contributed by atoms with Crippen molar-refractivity contribution >= 4 is 10.1 Å². The number of hydrogen-bond acceptors (Lipinski definition) is 7. The maximum absolute atomic E-state index is 15.2. The van der Waals surface area contributed by atoms with Crippen LogP contribution in [0.3, 0.4) is 0 Å². The van der Waals surface area contributed by atoms with E-state index in [0.717, 1.165) is 37.8 Å². The van der Waals surface area contributed by atoms with Crippen LogP contribution in [0.1, 0.15) is 38.5 Å². The Morgan fingerprint density at radius 2 is 1.06 bits per heavy atom. The van der Waals surface area contributed by atoms with Crippen LogP contribution in [0.15, 0.2) is 65.6 Å². The van der Waals surface area contributed by atoms with E-state index in [1.807, 2.05) is 0 Å². The van der Waals surface area contributed by atoms with Gasteiger partial charge in [-0.25, -0.2) is 8.78 Å². The number of hydrogen-bond donors (Lipinski definition) is 2. The number of benzene rings is 4. The number of rotatable bonds is 8. The summed E-state index contributed by atoms with van der Waals surface area (Å²) >= 11 is 0. The molecule has 47 heavy (non-hydrogen) atoms. The third-order valence-corrected chi connectivity index (χ3v) is 8.97. The predicted molar refractivity (Wildman–Crippen MR) is 162 cm³/mol. The Morgan fingerprint density at radius 1 is 0.638 bits per heavy atom. The minimum atomic E-state index is -5.05. The van der Waals surface area contributed by atoms with Gasteiger partial charge in [0.2, 0.25) is 11.6 Å². The Labute approximate surface area is 268 Å². The lowest BCUT2D eigenvalue weighted by molar-refractivity contribution is -0.106. The smallest absolute Gasteiger partial charge is 0.295 e. The first kappa shape index (κ1) is 32.8. The summed E-state index contributed by atoms with van der Waals surface area (Å²) in [6, 6.07) is 13.9. The highest BCUT2D eigenvalue weighted by Gasteiger charge is 2.30. The molecule has 2 aliphatic heterocycles. The van der Waals surface area contributed by atoms with Crippen molar-refractivity contribution in [1.82, 2.24) is 0 Å². The number of ether oxygens (including phenoxy) is 4. The molecule has 2 saturated heterocycles. The Morgan fingerprint density at radius 3 is 1.43 bits per heavy atom. The van der Waals surface area contributed by atoms with Gasteiger partial charge < -0.3 is 24.1 Å². The zero-order valence-electron chi connectivity index (χ0n) is 24.8. The summed E-state index contributed by atoms with van der Waals surface area (Å²) in [7, 11) is -5.05. The first-order valence-electron chi connectivity index (χ1n) is 15.0. The third-order valence-electron chi connectivity index (χ3n) is 8.02. The lowest BCUT2D eigenvalue weighted by Gasteiger charge is -2.24. The van der Waals surface area contributed by atoms with Crippen LogP contribution in [0.4, 0.5) is 17.6 Å². The minimum absolute atomic E-state index is 0.160. The van der Waals surface area contributed by atoms with Crippen LogP contribution in [0.5, 0.6) is 17.2 Å². The Bertz CT molecular complexity index is 1760. The molecule has 0 saturated carbocycles. The highest BCUT2D eigenvalue weighted by Crippen LogP contribution is 2.43. The standard InChI is InChI=1S/C34H30F4O8S/c35-29-28(30(36)32(38)33(39)31(29)37)21-17-24(19-7-11-22(12-8-19)45-26-5-1-3-15-43-26)34(47(40,41)42)25(18-21)20-9-13-23(14-10-20)46-27-6-2-4-16-44-27/h7-14,17-18,26-27,39H,1-6,15-16H2,(H,40,41,42). The number of phenolic OH excluding ortho intramolecular Hbond substituents is 1. The fraction of sp³-hybridized carbons (Fsp3) is 0.294. The van der Waals surface area contributed by atoms with Crippen LogP contribution >= 0.6 is 0 Å². The van der Waals surface area contributed by atoms with Crippen LogP contribution < -0.4 is 9.47 Å². The Balaban J connectivity index is 1.50. The summed E-state index contributed by atoms with van der Waals surface area (Å²) in [6.07, 6.45) is 4.07. The molecular weight excluding hydrogens is 644 g/mol. The van der Waals surface area contributed by atoms with Crippen molar-refractivity contribution in [2.24, 2.45) is 0 Å². The molecule has 0 amide bonds. The van der Waals surface area contributed by atoms with Gasteiger partial charge in [0.15, 0.2) is 30.0 Å². The van der Waals surface area contributed by atoms with Gasteiger partial charge in [-0.1, -0.05) is 24.3 Å². The molecule has 2 aliphatic rings. The van der Waals surface area contributed by atoms with Gasteiger partial charge in [0.1, 0.15) is 16.4 Å². The van der Waals surface area contributed by atoms with Crippen molar-refractivity contribution in [1.29, 1.82) is 0 Å². The second-order valence-electron chi connectivity index (χ2n) is 11.2. The molecule has 4 aromatic rings. The van der Waals surface area contributed by atoms with Gasteiger partial charge in [-0.05, 0) is 78.8 Å². The topological polar surface area (TPSA) is 112 Å². The van der Waals surface area contributed by atoms with Crippen molar-refractivity contribution in [3.63, 3.8) is 0 Å². The monoisotopic (exact) mass is 674 g/mol. The average molecular weight is 675 g/mol. The van der Waals surface area contributed by atoms with E-state index in [2.05, 4.69) is 0 Å². The Hall–Kier alpha value is -4.17. The van der Waals surface area contributed by atoms with Gasteiger partial charge in [0.25, 0.3) is 10.1 Å². The van der Waals surface area contributed by atoms with E-state index in [4.69, 9.17) is 18.9 Å². The summed E-state index contributed by atoms with van der Waals surface area (Å²) in [5.74, 6) is -8.91. The molecular formula is C34H30F4O8S. The molecule has 0 radical (unpaired) electrons. The fourth-order valence-corrected chi connectivity index (χ4v) is 6.60. The van der Waals surface area contributed by atoms with Crippen LogP contribution in [-0.2, 0) is 19.6 Å². The molecule has 2 heterocycles.